The molecule has 9 heteroatoms. The van der Waals surface area contributed by atoms with E-state index in [2.05, 4.69) is 10.3 Å². The smallest absolute Gasteiger partial charge is 0.311 e. The van der Waals surface area contributed by atoms with Gasteiger partial charge in [0, 0.05) is 24.4 Å². The molecule has 0 radical (unpaired) electrons. The van der Waals surface area contributed by atoms with Crippen LogP contribution in [0.15, 0.2) is 42.4 Å². The van der Waals surface area contributed by atoms with Gasteiger partial charge in [-0.15, -0.1) is 0 Å². The van der Waals surface area contributed by atoms with Crippen LogP contribution in [0.1, 0.15) is 23.2 Å². The number of rotatable bonds is 6. The molecule has 0 aliphatic carbocycles. The van der Waals surface area contributed by atoms with E-state index >= 15 is 0 Å². The van der Waals surface area contributed by atoms with E-state index in [9.17, 15) is 9.59 Å². The number of nitrogens with zero attached hydrogens (tertiary/aromatic N) is 1. The average Bonchev–Trinajstić information content (AvgIpc) is 2.69. The van der Waals surface area contributed by atoms with Crippen LogP contribution in [0.5, 0.6) is 11.5 Å². The summed E-state index contributed by atoms with van der Waals surface area (Å²) in [6.45, 7) is 0.0369. The number of hydrogen-bond acceptors (Lipinski definition) is 6. The van der Waals surface area contributed by atoms with Crippen molar-refractivity contribution < 1.29 is 23.8 Å². The first kappa shape index (κ1) is 20.0. The standard InChI is InChI=1S/C19H16Cl2N2O5/c1-26-15-6-5-11(19(25)23-18-13(20)8-22-9-14(18)21)7-16(15)27-10-12-3-2-4-17(24)28-12/h3,5-9H,2,4,10H2,1H3,(H,22,23,25). The minimum atomic E-state index is -0.439. The van der Waals surface area contributed by atoms with Gasteiger partial charge in [0.1, 0.15) is 12.4 Å². The van der Waals surface area contributed by atoms with Crippen molar-refractivity contribution >= 4 is 40.8 Å². The Morgan fingerprint density at radius 1 is 1.25 bits per heavy atom. The molecular weight excluding hydrogens is 407 g/mol. The number of amides is 1. The third kappa shape index (κ3) is 4.74. The Hall–Kier alpha value is -2.77. The van der Waals surface area contributed by atoms with Gasteiger partial charge in [-0.1, -0.05) is 23.2 Å². The van der Waals surface area contributed by atoms with Gasteiger partial charge in [-0.2, -0.15) is 0 Å². The zero-order chi connectivity index (χ0) is 20.1. The number of aromatic nitrogens is 1. The van der Waals surface area contributed by atoms with Crippen LogP contribution >= 0.6 is 23.2 Å². The van der Waals surface area contributed by atoms with Crippen molar-refractivity contribution in [1.29, 1.82) is 0 Å². The fourth-order valence-corrected chi connectivity index (χ4v) is 2.93. The summed E-state index contributed by atoms with van der Waals surface area (Å²) in [6, 6.07) is 4.69. The Bertz CT molecular complexity index is 926. The lowest BCUT2D eigenvalue weighted by Gasteiger charge is -2.16. The van der Waals surface area contributed by atoms with Crippen LogP contribution < -0.4 is 14.8 Å². The second-order valence-corrected chi connectivity index (χ2v) is 6.58. The van der Waals surface area contributed by atoms with E-state index in [0.717, 1.165) is 0 Å². The predicted octanol–water partition coefficient (Wildman–Crippen LogP) is 4.25. The minimum absolute atomic E-state index is 0.0369. The van der Waals surface area contributed by atoms with Crippen LogP contribution in [0, 0.1) is 0 Å². The molecule has 3 rings (SSSR count). The van der Waals surface area contributed by atoms with Gasteiger partial charge in [0.15, 0.2) is 11.5 Å². The number of anilines is 1. The van der Waals surface area contributed by atoms with E-state index in [-0.39, 0.29) is 28.3 Å². The summed E-state index contributed by atoms with van der Waals surface area (Å²) < 4.78 is 16.1. The molecule has 0 spiro atoms. The van der Waals surface area contributed by atoms with Crippen molar-refractivity contribution in [2.24, 2.45) is 0 Å². The van der Waals surface area contributed by atoms with Crippen molar-refractivity contribution in [3.63, 3.8) is 0 Å². The first-order valence-electron chi connectivity index (χ1n) is 8.29. The zero-order valence-electron chi connectivity index (χ0n) is 14.8. The van der Waals surface area contributed by atoms with E-state index < -0.39 is 5.91 Å². The molecule has 0 bridgehead atoms. The monoisotopic (exact) mass is 422 g/mol. The zero-order valence-corrected chi connectivity index (χ0v) is 16.3. The first-order chi connectivity index (χ1) is 13.5. The van der Waals surface area contributed by atoms with Crippen molar-refractivity contribution in [1.82, 2.24) is 4.98 Å². The van der Waals surface area contributed by atoms with Gasteiger partial charge in [-0.3, -0.25) is 14.6 Å². The van der Waals surface area contributed by atoms with Crippen molar-refractivity contribution in [2.75, 3.05) is 19.0 Å². The lowest BCUT2D eigenvalue weighted by atomic mass is 10.2. The van der Waals surface area contributed by atoms with Gasteiger partial charge in [-0.05, 0) is 30.7 Å². The van der Waals surface area contributed by atoms with Gasteiger partial charge in [0.2, 0.25) is 0 Å². The van der Waals surface area contributed by atoms with Crippen LogP contribution in [-0.2, 0) is 9.53 Å². The Balaban J connectivity index is 1.77. The average molecular weight is 423 g/mol. The molecule has 146 valence electrons. The SMILES string of the molecule is COc1ccc(C(=O)Nc2c(Cl)cncc2Cl)cc1OCC1=CCCC(=O)O1. The number of carbonyl (C=O) groups excluding carboxylic acids is 2. The lowest BCUT2D eigenvalue weighted by Crippen LogP contribution is -2.15. The summed E-state index contributed by atoms with van der Waals surface area (Å²) in [6.07, 6.45) is 5.50. The van der Waals surface area contributed by atoms with E-state index in [4.69, 9.17) is 37.4 Å². The fourth-order valence-electron chi connectivity index (χ4n) is 2.47. The van der Waals surface area contributed by atoms with Gasteiger partial charge >= 0.3 is 5.97 Å². The first-order valence-corrected chi connectivity index (χ1v) is 9.04. The number of esters is 1. The molecule has 1 aliphatic rings. The van der Waals surface area contributed by atoms with E-state index in [1.165, 1.54) is 25.6 Å². The highest BCUT2D eigenvalue weighted by Crippen LogP contribution is 2.31. The maximum Gasteiger partial charge on any atom is 0.311 e. The van der Waals surface area contributed by atoms with Gasteiger partial charge < -0.3 is 19.5 Å². The Kier molecular flexibility index (Phi) is 6.38. The predicted molar refractivity (Wildman–Crippen MR) is 104 cm³/mol. The largest absolute Gasteiger partial charge is 0.493 e. The molecule has 2 aromatic rings. The molecule has 0 saturated carbocycles. The highest BCUT2D eigenvalue weighted by molar-refractivity contribution is 6.39. The molecule has 0 fully saturated rings. The quantitative estimate of drug-likeness (QED) is 0.700. The van der Waals surface area contributed by atoms with Crippen LogP contribution in [0.4, 0.5) is 5.69 Å². The lowest BCUT2D eigenvalue weighted by molar-refractivity contribution is -0.140. The summed E-state index contributed by atoms with van der Waals surface area (Å²) >= 11 is 12.1. The summed E-state index contributed by atoms with van der Waals surface area (Å²) in [5, 5.41) is 3.09. The van der Waals surface area contributed by atoms with Crippen molar-refractivity contribution in [3.05, 3.63) is 58.0 Å². The summed E-state index contributed by atoms with van der Waals surface area (Å²) in [5.41, 5.74) is 0.565. The number of carbonyl (C=O) groups is 2. The Morgan fingerprint density at radius 2 is 2.00 bits per heavy atom. The van der Waals surface area contributed by atoms with E-state index in [0.29, 0.717) is 35.7 Å². The summed E-state index contributed by atoms with van der Waals surface area (Å²) in [7, 11) is 1.48. The number of hydrogen-bond donors (Lipinski definition) is 1. The number of benzene rings is 1. The van der Waals surface area contributed by atoms with E-state index in [1.807, 2.05) is 0 Å². The molecule has 0 atom stereocenters. The second kappa shape index (κ2) is 8.95. The number of ether oxygens (including phenoxy) is 3. The molecule has 1 aromatic carbocycles. The molecular formula is C19H16Cl2N2O5. The second-order valence-electron chi connectivity index (χ2n) is 5.77. The minimum Gasteiger partial charge on any atom is -0.493 e. The number of nitrogens with one attached hydrogen (secondary N) is 1. The normalized spacial score (nSPS) is 13.4. The van der Waals surface area contributed by atoms with Crippen molar-refractivity contribution in [3.8, 4) is 11.5 Å². The third-order valence-corrected chi connectivity index (χ3v) is 4.43. The van der Waals surface area contributed by atoms with Crippen LogP contribution in [-0.4, -0.2) is 30.6 Å². The molecule has 1 amide bonds. The molecule has 0 saturated heterocycles. The highest BCUT2D eigenvalue weighted by Gasteiger charge is 2.17. The fraction of sp³-hybridized carbons (Fsp3) is 0.211. The maximum absolute atomic E-state index is 12.6. The molecule has 0 unspecified atom stereocenters. The molecule has 1 aromatic heterocycles. The molecule has 1 N–H and O–H groups in total. The van der Waals surface area contributed by atoms with Crippen LogP contribution in [0.25, 0.3) is 0 Å². The topological polar surface area (TPSA) is 86.8 Å². The molecule has 2 heterocycles. The van der Waals surface area contributed by atoms with Gasteiger partial charge in [0.05, 0.1) is 22.8 Å². The summed E-state index contributed by atoms with van der Waals surface area (Å²) in [4.78, 5) is 27.8. The summed E-state index contributed by atoms with van der Waals surface area (Å²) in [5.74, 6) is 0.436. The van der Waals surface area contributed by atoms with Gasteiger partial charge in [0.25, 0.3) is 5.91 Å². The Morgan fingerprint density at radius 3 is 2.68 bits per heavy atom. The van der Waals surface area contributed by atoms with Crippen LogP contribution in [0.2, 0.25) is 10.0 Å². The number of cyclic esters (lactones) is 1. The van der Waals surface area contributed by atoms with Gasteiger partial charge in [-0.25, -0.2) is 0 Å². The molecule has 7 nitrogen and oxygen atoms in total. The molecule has 28 heavy (non-hydrogen) atoms. The number of halogens is 2. The van der Waals surface area contributed by atoms with E-state index in [1.54, 1.807) is 18.2 Å². The third-order valence-electron chi connectivity index (χ3n) is 3.85. The maximum atomic E-state index is 12.6. The molecule has 1 aliphatic heterocycles. The number of allylic oxidation sites excluding steroid dienone is 1. The van der Waals surface area contributed by atoms with Crippen molar-refractivity contribution in [2.45, 2.75) is 12.8 Å². The number of methoxy groups -OCH3 is 1. The Labute approximate surface area is 171 Å². The number of pyridine rings is 1. The van der Waals surface area contributed by atoms with Crippen LogP contribution in [0.3, 0.4) is 0 Å². The highest BCUT2D eigenvalue weighted by atomic mass is 35.5.